The fourth-order valence-corrected chi connectivity index (χ4v) is 3.15. The van der Waals surface area contributed by atoms with Crippen LogP contribution in [-0.4, -0.2) is 28.6 Å². The Morgan fingerprint density at radius 2 is 1.72 bits per heavy atom. The van der Waals surface area contributed by atoms with Crippen LogP contribution in [0, 0.1) is 5.82 Å². The van der Waals surface area contributed by atoms with Gasteiger partial charge < -0.3 is 10.5 Å². The fourth-order valence-electron chi connectivity index (χ4n) is 3.15. The van der Waals surface area contributed by atoms with Gasteiger partial charge in [0.05, 0.1) is 17.9 Å². The van der Waals surface area contributed by atoms with Crippen LogP contribution in [0.3, 0.4) is 0 Å². The molecule has 3 aromatic rings. The molecule has 0 bridgehead atoms. The van der Waals surface area contributed by atoms with Crippen molar-refractivity contribution in [3.05, 3.63) is 84.4 Å². The smallest absolute Gasteiger partial charge is 0.421 e. The lowest BCUT2D eigenvalue weighted by Crippen LogP contribution is -2.49. The van der Waals surface area contributed by atoms with Gasteiger partial charge in [-0.2, -0.15) is 0 Å². The second kappa shape index (κ2) is 9.70. The number of anilines is 1. The van der Waals surface area contributed by atoms with Crippen LogP contribution in [0.4, 0.5) is 14.9 Å². The summed E-state index contributed by atoms with van der Waals surface area (Å²) in [4.78, 5) is 30.8. The van der Waals surface area contributed by atoms with Crippen LogP contribution in [0.5, 0.6) is 0 Å². The number of aromatic nitrogens is 1. The minimum Gasteiger partial charge on any atom is -0.443 e. The van der Waals surface area contributed by atoms with Crippen molar-refractivity contribution in [3.63, 3.8) is 0 Å². The normalized spacial score (nSPS) is 12.2. The molecule has 3 rings (SSSR count). The molecule has 1 aromatic heterocycles. The highest BCUT2D eigenvalue weighted by Crippen LogP contribution is 2.26. The van der Waals surface area contributed by atoms with Crippen molar-refractivity contribution in [1.82, 2.24) is 4.98 Å². The summed E-state index contributed by atoms with van der Waals surface area (Å²) in [6, 6.07) is 16.3. The zero-order chi connectivity index (χ0) is 23.3. The predicted octanol–water partition coefficient (Wildman–Crippen LogP) is 4.73. The van der Waals surface area contributed by atoms with Gasteiger partial charge in [-0.05, 0) is 56.5 Å². The molecule has 166 valence electrons. The van der Waals surface area contributed by atoms with Crippen molar-refractivity contribution in [1.29, 1.82) is 0 Å². The molecule has 0 spiro atoms. The van der Waals surface area contributed by atoms with Gasteiger partial charge in [-0.3, -0.25) is 9.78 Å². The molecule has 0 saturated heterocycles. The molecule has 7 heteroatoms. The maximum atomic E-state index is 14.1. The number of rotatable bonds is 5. The standard InChI is InChI=1S/C25H26FN3O3/c1-25(2,3)32-24(31)29(23(30)22(27)15-17-7-5-4-6-8-17)19-11-9-18(10-12-19)20-13-14-28-16-21(20)26/h4-14,16,22H,15,27H2,1-3H3/t22-/m1/s1. The van der Waals surface area contributed by atoms with E-state index in [1.165, 1.54) is 6.20 Å². The first kappa shape index (κ1) is 23.1. The number of halogens is 1. The van der Waals surface area contributed by atoms with Gasteiger partial charge in [-0.1, -0.05) is 42.5 Å². The van der Waals surface area contributed by atoms with Crippen molar-refractivity contribution in [2.24, 2.45) is 5.73 Å². The SMILES string of the molecule is CC(C)(C)OC(=O)N(C(=O)[C@H](N)Cc1ccccc1)c1ccc(-c2ccncc2F)cc1. The Hall–Kier alpha value is -3.58. The van der Waals surface area contributed by atoms with Gasteiger partial charge in [-0.15, -0.1) is 0 Å². The molecule has 2 amide bonds. The van der Waals surface area contributed by atoms with Crippen molar-refractivity contribution in [2.75, 3.05) is 4.90 Å². The van der Waals surface area contributed by atoms with E-state index in [0.29, 0.717) is 11.1 Å². The molecule has 0 radical (unpaired) electrons. The van der Waals surface area contributed by atoms with E-state index in [1.54, 1.807) is 51.1 Å². The lowest BCUT2D eigenvalue weighted by Gasteiger charge is -2.28. The number of hydrogen-bond acceptors (Lipinski definition) is 5. The first-order valence-electron chi connectivity index (χ1n) is 10.2. The Morgan fingerprint density at radius 1 is 1.06 bits per heavy atom. The molecule has 2 aromatic carbocycles. The predicted molar refractivity (Wildman–Crippen MR) is 121 cm³/mol. The van der Waals surface area contributed by atoms with E-state index < -0.39 is 29.5 Å². The largest absolute Gasteiger partial charge is 0.443 e. The highest BCUT2D eigenvalue weighted by atomic mass is 19.1. The molecule has 0 aliphatic rings. The van der Waals surface area contributed by atoms with E-state index in [4.69, 9.17) is 10.5 Å². The van der Waals surface area contributed by atoms with Crippen molar-refractivity contribution in [2.45, 2.75) is 38.8 Å². The number of ether oxygens (including phenoxy) is 1. The number of amides is 2. The Kier molecular flexibility index (Phi) is 7.00. The van der Waals surface area contributed by atoms with Crippen LogP contribution in [0.1, 0.15) is 26.3 Å². The number of carbonyl (C=O) groups excluding carboxylic acids is 2. The minimum atomic E-state index is -0.956. The molecular weight excluding hydrogens is 409 g/mol. The van der Waals surface area contributed by atoms with Gasteiger partial charge in [0.25, 0.3) is 5.91 Å². The minimum absolute atomic E-state index is 0.263. The monoisotopic (exact) mass is 435 g/mol. The molecular formula is C25H26FN3O3. The van der Waals surface area contributed by atoms with Gasteiger partial charge in [0, 0.05) is 11.8 Å². The molecule has 0 aliphatic carbocycles. The summed E-state index contributed by atoms with van der Waals surface area (Å²) in [6.07, 6.45) is 2.06. The van der Waals surface area contributed by atoms with Gasteiger partial charge in [-0.25, -0.2) is 14.1 Å². The molecule has 0 fully saturated rings. The van der Waals surface area contributed by atoms with E-state index in [2.05, 4.69) is 4.98 Å². The maximum Gasteiger partial charge on any atom is 0.421 e. The lowest BCUT2D eigenvalue weighted by atomic mass is 10.0. The average molecular weight is 435 g/mol. The van der Waals surface area contributed by atoms with Gasteiger partial charge in [0.1, 0.15) is 11.4 Å². The van der Waals surface area contributed by atoms with E-state index >= 15 is 0 Å². The van der Waals surface area contributed by atoms with Crippen LogP contribution in [0.25, 0.3) is 11.1 Å². The van der Waals surface area contributed by atoms with Crippen LogP contribution >= 0.6 is 0 Å². The van der Waals surface area contributed by atoms with E-state index in [-0.39, 0.29) is 12.1 Å². The molecule has 0 unspecified atom stereocenters. The molecule has 2 N–H and O–H groups in total. The molecule has 6 nitrogen and oxygen atoms in total. The highest BCUT2D eigenvalue weighted by Gasteiger charge is 2.32. The number of hydrogen-bond donors (Lipinski definition) is 1. The summed E-state index contributed by atoms with van der Waals surface area (Å²) >= 11 is 0. The molecule has 0 saturated carbocycles. The molecule has 1 heterocycles. The topological polar surface area (TPSA) is 85.5 Å². The third-order valence-electron chi connectivity index (χ3n) is 4.62. The second-order valence-corrected chi connectivity index (χ2v) is 8.35. The van der Waals surface area contributed by atoms with E-state index in [0.717, 1.165) is 16.7 Å². The number of benzene rings is 2. The summed E-state index contributed by atoms with van der Waals surface area (Å²) < 4.78 is 19.5. The quantitative estimate of drug-likeness (QED) is 0.626. The first-order valence-corrected chi connectivity index (χ1v) is 10.2. The summed E-state index contributed by atoms with van der Waals surface area (Å²) in [5.74, 6) is -1.06. The Bertz CT molecular complexity index is 1080. The van der Waals surface area contributed by atoms with E-state index in [1.807, 2.05) is 30.3 Å². The summed E-state index contributed by atoms with van der Waals surface area (Å²) in [6.45, 7) is 5.15. The first-order chi connectivity index (χ1) is 15.2. The number of pyridine rings is 1. The Balaban J connectivity index is 1.91. The van der Waals surface area contributed by atoms with Crippen LogP contribution in [0.15, 0.2) is 73.1 Å². The molecule has 0 aliphatic heterocycles. The number of imide groups is 1. The van der Waals surface area contributed by atoms with E-state index in [9.17, 15) is 14.0 Å². The lowest BCUT2D eigenvalue weighted by molar-refractivity contribution is -0.119. The number of carbonyl (C=O) groups is 2. The number of nitrogens with zero attached hydrogens (tertiary/aromatic N) is 2. The van der Waals surface area contributed by atoms with Crippen molar-refractivity contribution in [3.8, 4) is 11.1 Å². The second-order valence-electron chi connectivity index (χ2n) is 8.35. The fraction of sp³-hybridized carbons (Fsp3) is 0.240. The summed E-state index contributed by atoms with van der Waals surface area (Å²) in [5, 5.41) is 0. The molecule has 32 heavy (non-hydrogen) atoms. The third kappa shape index (κ3) is 5.76. The van der Waals surface area contributed by atoms with Crippen LogP contribution in [-0.2, 0) is 16.0 Å². The maximum absolute atomic E-state index is 14.1. The van der Waals surface area contributed by atoms with Gasteiger partial charge in [0.15, 0.2) is 0 Å². The summed E-state index contributed by atoms with van der Waals surface area (Å²) in [5.41, 5.74) is 7.47. The summed E-state index contributed by atoms with van der Waals surface area (Å²) in [7, 11) is 0. The number of nitrogens with two attached hydrogens (primary N) is 1. The Morgan fingerprint density at radius 3 is 2.31 bits per heavy atom. The third-order valence-corrected chi connectivity index (χ3v) is 4.62. The highest BCUT2D eigenvalue weighted by molar-refractivity contribution is 6.14. The molecule has 1 atom stereocenters. The zero-order valence-corrected chi connectivity index (χ0v) is 18.3. The zero-order valence-electron chi connectivity index (χ0n) is 18.3. The van der Waals surface area contributed by atoms with Crippen molar-refractivity contribution < 1.29 is 18.7 Å². The van der Waals surface area contributed by atoms with Crippen LogP contribution in [0.2, 0.25) is 0 Å². The Labute approximate surface area is 186 Å². The van der Waals surface area contributed by atoms with Crippen LogP contribution < -0.4 is 10.6 Å². The average Bonchev–Trinajstić information content (AvgIpc) is 2.74. The van der Waals surface area contributed by atoms with Gasteiger partial charge in [0.2, 0.25) is 0 Å². The van der Waals surface area contributed by atoms with Gasteiger partial charge >= 0.3 is 6.09 Å². The van der Waals surface area contributed by atoms with Crippen molar-refractivity contribution >= 4 is 17.7 Å².